The van der Waals surface area contributed by atoms with E-state index in [0.29, 0.717) is 29.3 Å². The molecule has 2 aliphatic heterocycles. The largest absolute Gasteiger partial charge is 0.454 e. The summed E-state index contributed by atoms with van der Waals surface area (Å²) in [5.74, 6) is 3.55. The number of hydrogen-bond donors (Lipinski definition) is 0. The Morgan fingerprint density at radius 1 is 1.10 bits per heavy atom. The number of fused-ring (bicyclic) bond motifs is 1. The van der Waals surface area contributed by atoms with Gasteiger partial charge in [-0.3, -0.25) is 0 Å². The fourth-order valence-corrected chi connectivity index (χ4v) is 4.41. The zero-order chi connectivity index (χ0) is 19.8. The molecule has 2 aliphatic rings. The summed E-state index contributed by atoms with van der Waals surface area (Å²) in [5.41, 5.74) is 2.18. The monoisotopic (exact) mass is 411 g/mol. The van der Waals surface area contributed by atoms with E-state index in [4.69, 9.17) is 25.6 Å². The van der Waals surface area contributed by atoms with Crippen molar-refractivity contribution in [2.24, 2.45) is 5.92 Å². The number of likely N-dealkylation sites (tertiary alicyclic amines) is 1. The van der Waals surface area contributed by atoms with Crippen LogP contribution in [-0.2, 0) is 6.42 Å². The predicted octanol–water partition coefficient (Wildman–Crippen LogP) is 4.40. The van der Waals surface area contributed by atoms with E-state index in [1.807, 2.05) is 30.3 Å². The van der Waals surface area contributed by atoms with Gasteiger partial charge in [0.05, 0.1) is 0 Å². The normalized spacial score (nSPS) is 21.4. The highest BCUT2D eigenvalue weighted by Crippen LogP contribution is 2.37. The van der Waals surface area contributed by atoms with Crippen molar-refractivity contribution in [3.63, 3.8) is 0 Å². The summed E-state index contributed by atoms with van der Waals surface area (Å²) in [6.07, 6.45) is 1.85. The Hall–Kier alpha value is -2.57. The highest BCUT2D eigenvalue weighted by atomic mass is 35.5. The molecular weight excluding hydrogens is 390 g/mol. The molecule has 2 aromatic carbocycles. The Balaban J connectivity index is 1.36. The molecule has 0 N–H and O–H groups in total. The summed E-state index contributed by atoms with van der Waals surface area (Å²) in [6, 6.07) is 13.9. The standard InChI is InChI=1S/C22H22ClN3O3/c1-26-9-8-18(14-2-5-17(23)6-3-14)16(12-26)11-21-24-22(25-29-21)15-4-7-19-20(10-15)28-13-27-19/h2-7,10,16,18H,8-9,11-13H2,1H3. The zero-order valence-corrected chi connectivity index (χ0v) is 16.9. The summed E-state index contributed by atoms with van der Waals surface area (Å²) in [6.45, 7) is 2.32. The van der Waals surface area contributed by atoms with Crippen LogP contribution in [0.2, 0.25) is 5.02 Å². The van der Waals surface area contributed by atoms with Crippen LogP contribution in [0.4, 0.5) is 0 Å². The molecule has 3 aromatic rings. The molecule has 3 heterocycles. The first kappa shape index (κ1) is 18.5. The van der Waals surface area contributed by atoms with Crippen LogP contribution in [0, 0.1) is 5.92 Å². The van der Waals surface area contributed by atoms with Crippen LogP contribution < -0.4 is 9.47 Å². The van der Waals surface area contributed by atoms with Gasteiger partial charge in [0.15, 0.2) is 11.5 Å². The maximum Gasteiger partial charge on any atom is 0.231 e. The second-order valence-corrected chi connectivity index (χ2v) is 8.19. The van der Waals surface area contributed by atoms with Crippen molar-refractivity contribution >= 4 is 11.6 Å². The summed E-state index contributed by atoms with van der Waals surface area (Å²) in [5, 5.41) is 4.96. The molecule has 5 rings (SSSR count). The first-order valence-electron chi connectivity index (χ1n) is 9.82. The second kappa shape index (κ2) is 7.69. The van der Waals surface area contributed by atoms with E-state index >= 15 is 0 Å². The Bertz CT molecular complexity index is 1000. The van der Waals surface area contributed by atoms with Crippen molar-refractivity contribution in [2.45, 2.75) is 18.8 Å². The molecule has 2 unspecified atom stereocenters. The summed E-state index contributed by atoms with van der Waals surface area (Å²) in [4.78, 5) is 7.02. The van der Waals surface area contributed by atoms with Crippen molar-refractivity contribution in [2.75, 3.05) is 26.9 Å². The SMILES string of the molecule is CN1CCC(c2ccc(Cl)cc2)C(Cc2nc(-c3ccc4c(c3)OCO4)no2)C1. The van der Waals surface area contributed by atoms with Crippen LogP contribution in [0.15, 0.2) is 47.0 Å². The molecule has 1 fully saturated rings. The van der Waals surface area contributed by atoms with Gasteiger partial charge in [-0.1, -0.05) is 28.9 Å². The maximum absolute atomic E-state index is 6.08. The molecule has 0 bridgehead atoms. The molecule has 0 radical (unpaired) electrons. The van der Waals surface area contributed by atoms with Gasteiger partial charge in [0, 0.05) is 23.6 Å². The maximum atomic E-state index is 6.08. The van der Waals surface area contributed by atoms with Crippen molar-refractivity contribution in [3.05, 3.63) is 58.9 Å². The lowest BCUT2D eigenvalue weighted by Crippen LogP contribution is -2.38. The smallest absolute Gasteiger partial charge is 0.231 e. The number of halogens is 1. The van der Waals surface area contributed by atoms with Crippen molar-refractivity contribution < 1.29 is 14.0 Å². The number of ether oxygens (including phenoxy) is 2. The van der Waals surface area contributed by atoms with Gasteiger partial charge < -0.3 is 18.9 Å². The van der Waals surface area contributed by atoms with E-state index in [1.54, 1.807) is 0 Å². The van der Waals surface area contributed by atoms with Crippen LogP contribution in [0.25, 0.3) is 11.4 Å². The summed E-state index contributed by atoms with van der Waals surface area (Å²) < 4.78 is 16.4. The number of rotatable bonds is 4. The third kappa shape index (κ3) is 3.82. The van der Waals surface area contributed by atoms with Gasteiger partial charge in [-0.2, -0.15) is 4.98 Å². The Morgan fingerprint density at radius 2 is 1.93 bits per heavy atom. The van der Waals surface area contributed by atoms with E-state index in [0.717, 1.165) is 42.3 Å². The van der Waals surface area contributed by atoms with Crippen LogP contribution >= 0.6 is 11.6 Å². The minimum absolute atomic E-state index is 0.248. The van der Waals surface area contributed by atoms with E-state index in [1.165, 1.54) is 5.56 Å². The van der Waals surface area contributed by atoms with Gasteiger partial charge in [0.2, 0.25) is 18.5 Å². The molecule has 0 spiro atoms. The van der Waals surface area contributed by atoms with Crippen LogP contribution in [0.3, 0.4) is 0 Å². The zero-order valence-electron chi connectivity index (χ0n) is 16.2. The lowest BCUT2D eigenvalue weighted by atomic mass is 9.79. The van der Waals surface area contributed by atoms with Crippen LogP contribution in [0.1, 0.15) is 23.8 Å². The van der Waals surface area contributed by atoms with E-state index < -0.39 is 0 Å². The Labute approximate surface area is 174 Å². The minimum atomic E-state index is 0.248. The molecule has 7 heteroatoms. The molecule has 6 nitrogen and oxygen atoms in total. The first-order chi connectivity index (χ1) is 14.2. The van der Waals surface area contributed by atoms with Gasteiger partial charge in [-0.15, -0.1) is 0 Å². The number of piperidine rings is 1. The fraction of sp³-hybridized carbons (Fsp3) is 0.364. The van der Waals surface area contributed by atoms with Crippen molar-refractivity contribution in [1.82, 2.24) is 15.0 Å². The van der Waals surface area contributed by atoms with Gasteiger partial charge in [-0.05, 0) is 67.7 Å². The van der Waals surface area contributed by atoms with Crippen molar-refractivity contribution in [3.8, 4) is 22.9 Å². The lowest BCUT2D eigenvalue weighted by molar-refractivity contribution is 0.173. The molecule has 1 saturated heterocycles. The Morgan fingerprint density at radius 3 is 2.79 bits per heavy atom. The summed E-state index contributed by atoms with van der Waals surface area (Å²) in [7, 11) is 2.16. The van der Waals surface area contributed by atoms with E-state index in [9.17, 15) is 0 Å². The molecule has 29 heavy (non-hydrogen) atoms. The molecule has 0 aliphatic carbocycles. The van der Waals surface area contributed by atoms with E-state index in [-0.39, 0.29) is 6.79 Å². The highest BCUT2D eigenvalue weighted by molar-refractivity contribution is 6.30. The van der Waals surface area contributed by atoms with Gasteiger partial charge in [0.1, 0.15) is 0 Å². The third-order valence-electron chi connectivity index (χ3n) is 5.77. The topological polar surface area (TPSA) is 60.6 Å². The fourth-order valence-electron chi connectivity index (χ4n) is 4.28. The quantitative estimate of drug-likeness (QED) is 0.634. The number of nitrogens with zero attached hydrogens (tertiary/aromatic N) is 3. The molecule has 0 amide bonds. The van der Waals surface area contributed by atoms with Gasteiger partial charge in [-0.25, -0.2) is 0 Å². The average Bonchev–Trinajstić information content (AvgIpc) is 3.38. The number of hydrogen-bond acceptors (Lipinski definition) is 6. The minimum Gasteiger partial charge on any atom is -0.454 e. The molecular formula is C22H22ClN3O3. The number of aromatic nitrogens is 2. The third-order valence-corrected chi connectivity index (χ3v) is 6.02. The average molecular weight is 412 g/mol. The van der Waals surface area contributed by atoms with Crippen LogP contribution in [-0.4, -0.2) is 42.0 Å². The van der Waals surface area contributed by atoms with Crippen molar-refractivity contribution in [1.29, 1.82) is 0 Å². The molecule has 1 aromatic heterocycles. The van der Waals surface area contributed by atoms with Gasteiger partial charge in [0.25, 0.3) is 0 Å². The first-order valence-corrected chi connectivity index (χ1v) is 10.2. The highest BCUT2D eigenvalue weighted by Gasteiger charge is 2.30. The predicted molar refractivity (Wildman–Crippen MR) is 109 cm³/mol. The Kier molecular flexibility index (Phi) is 4.89. The molecule has 150 valence electrons. The number of benzene rings is 2. The van der Waals surface area contributed by atoms with Crippen LogP contribution in [0.5, 0.6) is 11.5 Å². The van der Waals surface area contributed by atoms with Gasteiger partial charge >= 0.3 is 0 Å². The van der Waals surface area contributed by atoms with E-state index in [2.05, 4.69) is 34.2 Å². The molecule has 2 atom stereocenters. The molecule has 0 saturated carbocycles. The lowest BCUT2D eigenvalue weighted by Gasteiger charge is -2.36. The summed E-state index contributed by atoms with van der Waals surface area (Å²) >= 11 is 6.08. The second-order valence-electron chi connectivity index (χ2n) is 7.75.